The lowest BCUT2D eigenvalue weighted by molar-refractivity contribution is -0.139. The SMILES string of the molecule is CN(Cc1ncn[nH]1)C(=O)N[C@H](Cc1cnc[nH]1)C(=O)O. The molecule has 10 heteroatoms. The highest BCUT2D eigenvalue weighted by Gasteiger charge is 2.23. The van der Waals surface area contributed by atoms with E-state index in [1.54, 1.807) is 0 Å². The van der Waals surface area contributed by atoms with Crippen LogP contribution in [-0.2, 0) is 17.8 Å². The maximum atomic E-state index is 12.0. The first-order valence-corrected chi connectivity index (χ1v) is 6.12. The van der Waals surface area contributed by atoms with Gasteiger partial charge in [-0.15, -0.1) is 0 Å². The summed E-state index contributed by atoms with van der Waals surface area (Å²) in [4.78, 5) is 35.0. The summed E-state index contributed by atoms with van der Waals surface area (Å²) in [5.41, 5.74) is 0.626. The molecule has 112 valence electrons. The Kier molecular flexibility index (Phi) is 4.49. The number of amides is 2. The molecule has 21 heavy (non-hydrogen) atoms. The van der Waals surface area contributed by atoms with Crippen molar-refractivity contribution in [2.45, 2.75) is 19.0 Å². The largest absolute Gasteiger partial charge is 0.480 e. The van der Waals surface area contributed by atoms with E-state index in [0.29, 0.717) is 11.5 Å². The number of aromatic amines is 2. The molecule has 0 fully saturated rings. The fourth-order valence-electron chi connectivity index (χ4n) is 1.68. The van der Waals surface area contributed by atoms with Gasteiger partial charge in [0.15, 0.2) is 0 Å². The lowest BCUT2D eigenvalue weighted by Gasteiger charge is -2.20. The van der Waals surface area contributed by atoms with Crippen molar-refractivity contribution in [3.8, 4) is 0 Å². The van der Waals surface area contributed by atoms with Crippen molar-refractivity contribution in [1.29, 1.82) is 0 Å². The Balaban J connectivity index is 1.92. The van der Waals surface area contributed by atoms with Crippen molar-refractivity contribution in [3.63, 3.8) is 0 Å². The van der Waals surface area contributed by atoms with Crippen LogP contribution in [0.4, 0.5) is 4.79 Å². The molecule has 2 heterocycles. The van der Waals surface area contributed by atoms with Crippen LogP contribution in [0.5, 0.6) is 0 Å². The Bertz CT molecular complexity index is 581. The number of hydrogen-bond donors (Lipinski definition) is 4. The molecule has 0 aliphatic rings. The lowest BCUT2D eigenvalue weighted by Crippen LogP contribution is -2.47. The molecule has 4 N–H and O–H groups in total. The van der Waals surface area contributed by atoms with Gasteiger partial charge in [0.1, 0.15) is 18.2 Å². The van der Waals surface area contributed by atoms with E-state index >= 15 is 0 Å². The van der Waals surface area contributed by atoms with Crippen LogP contribution in [-0.4, -0.2) is 60.2 Å². The van der Waals surface area contributed by atoms with Crippen LogP contribution in [0.3, 0.4) is 0 Å². The van der Waals surface area contributed by atoms with E-state index < -0.39 is 18.0 Å². The molecule has 0 saturated carbocycles. The quantitative estimate of drug-likeness (QED) is 0.558. The fraction of sp³-hybridized carbons (Fsp3) is 0.364. The number of carbonyl (C=O) groups excluding carboxylic acids is 1. The molecule has 0 aliphatic heterocycles. The second-order valence-corrected chi connectivity index (χ2v) is 4.41. The standard InChI is InChI=1S/C11H15N7O3/c1-18(4-9-14-6-15-17-9)11(21)16-8(10(19)20)2-7-3-12-5-13-7/h3,5-6,8H,2,4H2,1H3,(H,12,13)(H,16,21)(H,19,20)(H,14,15,17)/t8-/m1/s1. The van der Waals surface area contributed by atoms with Crippen molar-refractivity contribution >= 4 is 12.0 Å². The number of aromatic nitrogens is 5. The van der Waals surface area contributed by atoms with E-state index in [1.807, 2.05) is 0 Å². The summed E-state index contributed by atoms with van der Waals surface area (Å²) in [6, 6.07) is -1.56. The molecule has 10 nitrogen and oxygen atoms in total. The number of imidazole rings is 1. The zero-order chi connectivity index (χ0) is 15.2. The molecule has 2 aromatic rings. The molecule has 0 bridgehead atoms. The minimum absolute atomic E-state index is 0.122. The molecular formula is C11H15N7O3. The molecule has 0 aliphatic carbocycles. The van der Waals surface area contributed by atoms with Gasteiger partial charge in [-0.25, -0.2) is 19.6 Å². The molecule has 2 amide bonds. The molecule has 0 saturated heterocycles. The summed E-state index contributed by atoms with van der Waals surface area (Å²) in [6.45, 7) is 0.197. The number of carboxylic acids is 1. The maximum Gasteiger partial charge on any atom is 0.326 e. The summed E-state index contributed by atoms with van der Waals surface area (Å²) in [5.74, 6) is -0.612. The first-order valence-electron chi connectivity index (χ1n) is 6.12. The Labute approximate surface area is 119 Å². The van der Waals surface area contributed by atoms with Gasteiger partial charge >= 0.3 is 12.0 Å². The Morgan fingerprint density at radius 2 is 2.33 bits per heavy atom. The van der Waals surface area contributed by atoms with Crippen LogP contribution in [0.1, 0.15) is 11.5 Å². The summed E-state index contributed by atoms with van der Waals surface area (Å²) >= 11 is 0. The predicted molar refractivity (Wildman–Crippen MR) is 70.1 cm³/mol. The monoisotopic (exact) mass is 293 g/mol. The first-order chi connectivity index (χ1) is 10.1. The number of carbonyl (C=O) groups is 2. The van der Waals surface area contributed by atoms with E-state index in [-0.39, 0.29) is 13.0 Å². The molecule has 2 aromatic heterocycles. The minimum Gasteiger partial charge on any atom is -0.480 e. The zero-order valence-electron chi connectivity index (χ0n) is 11.3. The van der Waals surface area contributed by atoms with Crippen molar-refractivity contribution in [3.05, 3.63) is 30.4 Å². The summed E-state index contributed by atoms with van der Waals surface area (Å²) in [6.07, 6.45) is 4.42. The van der Waals surface area contributed by atoms with Crippen molar-refractivity contribution in [2.24, 2.45) is 0 Å². The second kappa shape index (κ2) is 6.50. The molecular weight excluding hydrogens is 278 g/mol. The van der Waals surface area contributed by atoms with E-state index in [4.69, 9.17) is 5.11 Å². The van der Waals surface area contributed by atoms with Crippen LogP contribution < -0.4 is 5.32 Å². The molecule has 2 rings (SSSR count). The lowest BCUT2D eigenvalue weighted by atomic mass is 10.1. The number of H-pyrrole nitrogens is 2. The third-order valence-corrected chi connectivity index (χ3v) is 2.77. The van der Waals surface area contributed by atoms with Crippen LogP contribution >= 0.6 is 0 Å². The summed E-state index contributed by atoms with van der Waals surface area (Å²) in [7, 11) is 1.53. The Morgan fingerprint density at radius 3 is 2.90 bits per heavy atom. The molecule has 0 spiro atoms. The number of rotatable bonds is 6. The van der Waals surface area contributed by atoms with Gasteiger partial charge in [-0.1, -0.05) is 0 Å². The number of nitrogens with one attached hydrogen (secondary N) is 3. The van der Waals surface area contributed by atoms with Crippen LogP contribution in [0, 0.1) is 0 Å². The third kappa shape index (κ3) is 4.03. The zero-order valence-corrected chi connectivity index (χ0v) is 11.3. The molecule has 0 unspecified atom stereocenters. The second-order valence-electron chi connectivity index (χ2n) is 4.41. The van der Waals surface area contributed by atoms with Gasteiger partial charge in [-0.2, -0.15) is 5.10 Å². The highest BCUT2D eigenvalue weighted by atomic mass is 16.4. The van der Waals surface area contributed by atoms with E-state index in [1.165, 1.54) is 30.8 Å². The van der Waals surface area contributed by atoms with Gasteiger partial charge in [0, 0.05) is 25.4 Å². The summed E-state index contributed by atoms with van der Waals surface area (Å²) < 4.78 is 0. The highest BCUT2D eigenvalue weighted by Crippen LogP contribution is 2.01. The van der Waals surface area contributed by atoms with Crippen LogP contribution in [0.15, 0.2) is 18.9 Å². The van der Waals surface area contributed by atoms with Crippen LogP contribution in [0.2, 0.25) is 0 Å². The van der Waals surface area contributed by atoms with E-state index in [2.05, 4.69) is 30.5 Å². The number of hydrogen-bond acceptors (Lipinski definition) is 5. The molecule has 0 aromatic carbocycles. The highest BCUT2D eigenvalue weighted by molar-refractivity contribution is 5.82. The van der Waals surface area contributed by atoms with Gasteiger partial charge < -0.3 is 20.3 Å². The van der Waals surface area contributed by atoms with Gasteiger partial charge in [0.25, 0.3) is 0 Å². The molecule has 0 radical (unpaired) electrons. The normalized spacial score (nSPS) is 11.9. The predicted octanol–water partition coefficient (Wildman–Crippen LogP) is -0.635. The van der Waals surface area contributed by atoms with E-state index in [0.717, 1.165) is 0 Å². The Hall–Kier alpha value is -2.91. The van der Waals surface area contributed by atoms with Gasteiger partial charge in [0.05, 0.1) is 12.9 Å². The average molecular weight is 293 g/mol. The van der Waals surface area contributed by atoms with Gasteiger partial charge in [-0.05, 0) is 0 Å². The number of nitrogens with zero attached hydrogens (tertiary/aromatic N) is 4. The first kappa shape index (κ1) is 14.5. The van der Waals surface area contributed by atoms with E-state index in [9.17, 15) is 9.59 Å². The van der Waals surface area contributed by atoms with Crippen molar-refractivity contribution in [1.82, 2.24) is 35.4 Å². The van der Waals surface area contributed by atoms with Gasteiger partial charge in [-0.3, -0.25) is 5.10 Å². The average Bonchev–Trinajstić information content (AvgIpc) is 3.10. The number of carboxylic acid groups (broad SMARTS) is 1. The summed E-state index contributed by atoms with van der Waals surface area (Å²) in [5, 5.41) is 17.9. The van der Waals surface area contributed by atoms with Crippen LogP contribution in [0.25, 0.3) is 0 Å². The number of aliphatic carboxylic acids is 1. The topological polar surface area (TPSA) is 140 Å². The minimum atomic E-state index is -1.12. The number of urea groups is 1. The maximum absolute atomic E-state index is 12.0. The Morgan fingerprint density at radius 1 is 1.52 bits per heavy atom. The smallest absolute Gasteiger partial charge is 0.326 e. The fourth-order valence-corrected chi connectivity index (χ4v) is 1.68. The van der Waals surface area contributed by atoms with Crippen molar-refractivity contribution in [2.75, 3.05) is 7.05 Å². The van der Waals surface area contributed by atoms with Crippen molar-refractivity contribution < 1.29 is 14.7 Å². The third-order valence-electron chi connectivity index (χ3n) is 2.77. The molecule has 1 atom stereocenters. The van der Waals surface area contributed by atoms with Gasteiger partial charge in [0.2, 0.25) is 0 Å².